The number of amides is 2. The van der Waals surface area contributed by atoms with Crippen LogP contribution in [0.4, 0.5) is 13.2 Å². The Morgan fingerprint density at radius 3 is 2.31 bits per heavy atom. The lowest BCUT2D eigenvalue weighted by Gasteiger charge is -2.34. The van der Waals surface area contributed by atoms with Crippen molar-refractivity contribution in [2.24, 2.45) is 0 Å². The number of hydrogen-bond donors (Lipinski definition) is 3. The summed E-state index contributed by atoms with van der Waals surface area (Å²) in [6.45, 7) is 1.50. The number of aliphatic hydroxyl groups excluding tert-OH is 1. The second-order valence-corrected chi connectivity index (χ2v) is 8.32. The highest BCUT2D eigenvalue weighted by Crippen LogP contribution is 2.38. The van der Waals surface area contributed by atoms with Gasteiger partial charge in [0.1, 0.15) is 0 Å². The molecule has 172 valence electrons. The van der Waals surface area contributed by atoms with Gasteiger partial charge in [-0.2, -0.15) is 13.2 Å². The third-order valence-corrected chi connectivity index (χ3v) is 6.16. The zero-order valence-electron chi connectivity index (χ0n) is 17.8. The van der Waals surface area contributed by atoms with E-state index < -0.39 is 40.8 Å². The van der Waals surface area contributed by atoms with Crippen LogP contribution in [-0.4, -0.2) is 35.6 Å². The average molecular weight is 448 g/mol. The maximum atomic E-state index is 13.3. The van der Waals surface area contributed by atoms with Crippen LogP contribution in [0.1, 0.15) is 54.1 Å². The van der Waals surface area contributed by atoms with Crippen molar-refractivity contribution >= 4 is 11.8 Å². The smallest absolute Gasteiger partial charge is 0.391 e. The molecule has 8 heteroatoms. The molecule has 0 heterocycles. The molecule has 3 N–H and O–H groups in total. The molecule has 1 aliphatic rings. The van der Waals surface area contributed by atoms with E-state index in [2.05, 4.69) is 10.6 Å². The van der Waals surface area contributed by atoms with Crippen molar-refractivity contribution in [2.75, 3.05) is 6.54 Å². The Balaban J connectivity index is 1.86. The number of benzene rings is 2. The molecule has 0 bridgehead atoms. The first-order valence-corrected chi connectivity index (χ1v) is 10.6. The van der Waals surface area contributed by atoms with E-state index in [1.165, 1.54) is 19.1 Å². The van der Waals surface area contributed by atoms with E-state index >= 15 is 0 Å². The lowest BCUT2D eigenvalue weighted by molar-refractivity contribution is -0.138. The Morgan fingerprint density at radius 2 is 1.66 bits per heavy atom. The number of hydrogen-bond acceptors (Lipinski definition) is 3. The van der Waals surface area contributed by atoms with Crippen LogP contribution in [0.5, 0.6) is 0 Å². The minimum absolute atomic E-state index is 0.113. The molecule has 2 aromatic carbocycles. The van der Waals surface area contributed by atoms with Crippen molar-refractivity contribution in [1.29, 1.82) is 0 Å². The lowest BCUT2D eigenvalue weighted by atomic mass is 9.74. The van der Waals surface area contributed by atoms with E-state index in [0.29, 0.717) is 25.7 Å². The molecule has 0 spiro atoms. The van der Waals surface area contributed by atoms with Gasteiger partial charge in [0.25, 0.3) is 5.91 Å². The molecule has 1 saturated carbocycles. The Kier molecular flexibility index (Phi) is 7.23. The fourth-order valence-electron chi connectivity index (χ4n) is 4.44. The fraction of sp³-hybridized carbons (Fsp3) is 0.417. The number of carbonyl (C=O) groups is 2. The first-order chi connectivity index (χ1) is 15.1. The van der Waals surface area contributed by atoms with Gasteiger partial charge in [-0.3, -0.25) is 9.59 Å². The minimum atomic E-state index is -4.64. The highest BCUT2D eigenvalue weighted by atomic mass is 19.4. The number of nitrogens with one attached hydrogen (secondary N) is 2. The second-order valence-electron chi connectivity index (χ2n) is 8.32. The van der Waals surface area contributed by atoms with Crippen LogP contribution in [0.2, 0.25) is 0 Å². The Morgan fingerprint density at radius 1 is 1.03 bits per heavy atom. The molecule has 0 radical (unpaired) electrons. The van der Waals surface area contributed by atoms with Crippen molar-refractivity contribution in [3.8, 4) is 0 Å². The van der Waals surface area contributed by atoms with Crippen LogP contribution < -0.4 is 10.6 Å². The van der Waals surface area contributed by atoms with Crippen molar-refractivity contribution in [3.05, 3.63) is 71.3 Å². The molecule has 3 atom stereocenters. The molecule has 2 aromatic rings. The summed E-state index contributed by atoms with van der Waals surface area (Å²) in [7, 11) is 0. The number of halogens is 3. The summed E-state index contributed by atoms with van der Waals surface area (Å²) in [5.74, 6) is -1.03. The standard InChI is InChI=1S/C24H27F3N2O3/c1-16(30)29-20-11-13-23(14-12-21(20)31,17-7-3-2-4-8-17)15-28-22(32)18-9-5-6-10-19(18)24(25,26)27/h2-10,20-21,31H,11-15H2,1H3,(H,28,32)(H,29,30)/t20-,21-,23-/m0/s1. The summed E-state index contributed by atoms with van der Waals surface area (Å²) in [5, 5.41) is 16.0. The normalized spacial score (nSPS) is 23.8. The maximum Gasteiger partial charge on any atom is 0.417 e. The summed E-state index contributed by atoms with van der Waals surface area (Å²) in [6, 6.07) is 13.7. The van der Waals surface area contributed by atoms with E-state index in [-0.39, 0.29) is 12.5 Å². The van der Waals surface area contributed by atoms with Gasteiger partial charge in [0.2, 0.25) is 5.91 Å². The maximum absolute atomic E-state index is 13.3. The monoisotopic (exact) mass is 448 g/mol. The van der Waals surface area contributed by atoms with Gasteiger partial charge in [0, 0.05) is 18.9 Å². The van der Waals surface area contributed by atoms with E-state index in [0.717, 1.165) is 17.7 Å². The molecular formula is C24H27F3N2O3. The van der Waals surface area contributed by atoms with Gasteiger partial charge in [-0.15, -0.1) is 0 Å². The molecule has 32 heavy (non-hydrogen) atoms. The van der Waals surface area contributed by atoms with E-state index in [1.807, 2.05) is 30.3 Å². The quantitative estimate of drug-likeness (QED) is 0.609. The third-order valence-electron chi connectivity index (χ3n) is 6.16. The number of rotatable bonds is 5. The van der Waals surface area contributed by atoms with Crippen molar-refractivity contribution < 1.29 is 27.9 Å². The summed E-state index contributed by atoms with van der Waals surface area (Å²) in [4.78, 5) is 24.3. The van der Waals surface area contributed by atoms with E-state index in [9.17, 15) is 27.9 Å². The van der Waals surface area contributed by atoms with E-state index in [1.54, 1.807) is 0 Å². The van der Waals surface area contributed by atoms with Crippen LogP contribution in [0.3, 0.4) is 0 Å². The number of alkyl halides is 3. The summed E-state index contributed by atoms with van der Waals surface area (Å²) >= 11 is 0. The SMILES string of the molecule is CC(=O)N[C@H]1CC[C@](CNC(=O)c2ccccc2C(F)(F)F)(c2ccccc2)CC[C@@H]1O. The van der Waals surface area contributed by atoms with Gasteiger partial charge in [-0.1, -0.05) is 42.5 Å². The van der Waals surface area contributed by atoms with Crippen LogP contribution in [0.25, 0.3) is 0 Å². The van der Waals surface area contributed by atoms with Crippen LogP contribution in [0.15, 0.2) is 54.6 Å². The Labute approximate surface area is 185 Å². The molecule has 5 nitrogen and oxygen atoms in total. The van der Waals surface area contributed by atoms with Crippen molar-refractivity contribution in [1.82, 2.24) is 10.6 Å². The third kappa shape index (κ3) is 5.48. The van der Waals surface area contributed by atoms with Gasteiger partial charge >= 0.3 is 6.18 Å². The Bertz CT molecular complexity index is 949. The minimum Gasteiger partial charge on any atom is -0.391 e. The molecule has 1 aliphatic carbocycles. The zero-order valence-corrected chi connectivity index (χ0v) is 17.8. The molecule has 0 unspecified atom stereocenters. The predicted molar refractivity (Wildman–Crippen MR) is 114 cm³/mol. The number of carbonyl (C=O) groups excluding carboxylic acids is 2. The topological polar surface area (TPSA) is 78.4 Å². The average Bonchev–Trinajstić information content (AvgIpc) is 2.92. The van der Waals surface area contributed by atoms with Gasteiger partial charge in [-0.05, 0) is 43.4 Å². The largest absolute Gasteiger partial charge is 0.417 e. The second kappa shape index (κ2) is 9.73. The molecule has 0 saturated heterocycles. The first-order valence-electron chi connectivity index (χ1n) is 10.6. The van der Waals surface area contributed by atoms with Crippen LogP contribution in [-0.2, 0) is 16.4 Å². The Hall–Kier alpha value is -2.87. The molecule has 0 aromatic heterocycles. The van der Waals surface area contributed by atoms with Crippen molar-refractivity contribution in [2.45, 2.75) is 56.3 Å². The summed E-state index contributed by atoms with van der Waals surface area (Å²) in [6.07, 6.45) is -3.47. The van der Waals surface area contributed by atoms with Crippen molar-refractivity contribution in [3.63, 3.8) is 0 Å². The first kappa shape index (κ1) is 23.8. The summed E-state index contributed by atoms with van der Waals surface area (Å²) < 4.78 is 40.0. The fourth-order valence-corrected chi connectivity index (χ4v) is 4.44. The number of aliphatic hydroxyl groups is 1. The zero-order chi connectivity index (χ0) is 23.4. The summed E-state index contributed by atoms with van der Waals surface area (Å²) in [5.41, 5.74) is -1.06. The van der Waals surface area contributed by atoms with Crippen LogP contribution >= 0.6 is 0 Å². The molecule has 3 rings (SSSR count). The molecular weight excluding hydrogens is 421 g/mol. The van der Waals surface area contributed by atoms with Crippen LogP contribution in [0, 0.1) is 0 Å². The highest BCUT2D eigenvalue weighted by molar-refractivity contribution is 5.96. The highest BCUT2D eigenvalue weighted by Gasteiger charge is 2.39. The van der Waals surface area contributed by atoms with Gasteiger partial charge in [0.15, 0.2) is 0 Å². The molecule has 0 aliphatic heterocycles. The molecule has 1 fully saturated rings. The van der Waals surface area contributed by atoms with E-state index in [4.69, 9.17) is 0 Å². The lowest BCUT2D eigenvalue weighted by Crippen LogP contribution is -2.42. The molecule has 2 amide bonds. The van der Waals surface area contributed by atoms with Gasteiger partial charge in [0.05, 0.1) is 23.3 Å². The van der Waals surface area contributed by atoms with Gasteiger partial charge in [-0.25, -0.2) is 0 Å². The van der Waals surface area contributed by atoms with Gasteiger partial charge < -0.3 is 15.7 Å². The predicted octanol–water partition coefficient (Wildman–Crippen LogP) is 3.81.